The Hall–Kier alpha value is -3.25. The van der Waals surface area contributed by atoms with Crippen molar-refractivity contribution < 1.29 is 18.3 Å². The number of anilines is 1. The molecule has 4 rings (SSSR count). The van der Waals surface area contributed by atoms with E-state index in [-0.39, 0.29) is 24.2 Å². The van der Waals surface area contributed by atoms with Crippen molar-refractivity contribution >= 4 is 11.6 Å². The molecule has 0 aliphatic carbocycles. The average molecular weight is 408 g/mol. The molecule has 3 aromatic rings. The molecular formula is C24H22F2N2O2. The Kier molecular flexibility index (Phi) is 6.05. The number of hydrogen-bond acceptors (Lipinski definition) is 3. The molecule has 0 saturated heterocycles. The normalized spacial score (nSPS) is 13.9. The molecule has 6 heteroatoms. The molecule has 154 valence electrons. The summed E-state index contributed by atoms with van der Waals surface area (Å²) < 4.78 is 29.3. The third-order valence-corrected chi connectivity index (χ3v) is 5.22. The minimum absolute atomic E-state index is 0.00136. The van der Waals surface area contributed by atoms with Gasteiger partial charge in [0.15, 0.2) is 0 Å². The molecule has 1 amide bonds. The number of hydrogen-bond donors (Lipinski definition) is 1. The summed E-state index contributed by atoms with van der Waals surface area (Å²) in [4.78, 5) is 14.7. The maximum Gasteiger partial charge on any atom is 0.387 e. The van der Waals surface area contributed by atoms with Crippen molar-refractivity contribution in [1.29, 1.82) is 0 Å². The quantitative estimate of drug-likeness (QED) is 0.623. The van der Waals surface area contributed by atoms with Gasteiger partial charge in [-0.15, -0.1) is 0 Å². The maximum atomic E-state index is 12.9. The van der Waals surface area contributed by atoms with Gasteiger partial charge in [-0.3, -0.25) is 10.1 Å². The van der Waals surface area contributed by atoms with Crippen molar-refractivity contribution in [2.45, 2.75) is 19.1 Å². The maximum absolute atomic E-state index is 12.9. The molecule has 1 aliphatic heterocycles. The fraction of sp³-hybridized carbons (Fsp3) is 0.208. The summed E-state index contributed by atoms with van der Waals surface area (Å²) >= 11 is 0. The number of carbonyl (C=O) groups is 1. The number of nitrogens with zero attached hydrogens (tertiary/aromatic N) is 1. The van der Waals surface area contributed by atoms with E-state index < -0.39 is 6.61 Å². The van der Waals surface area contributed by atoms with Crippen molar-refractivity contribution in [2.24, 2.45) is 0 Å². The van der Waals surface area contributed by atoms with Gasteiger partial charge in [0, 0.05) is 12.2 Å². The zero-order valence-electron chi connectivity index (χ0n) is 16.3. The van der Waals surface area contributed by atoms with Crippen LogP contribution >= 0.6 is 0 Å². The van der Waals surface area contributed by atoms with Crippen LogP contribution in [0.2, 0.25) is 0 Å². The largest absolute Gasteiger partial charge is 0.435 e. The number of alkyl halides is 2. The highest BCUT2D eigenvalue weighted by Gasteiger charge is 2.25. The number of halogens is 2. The Labute approximate surface area is 174 Å². The van der Waals surface area contributed by atoms with Crippen LogP contribution in [0, 0.1) is 0 Å². The molecular weight excluding hydrogens is 386 g/mol. The Balaban J connectivity index is 1.51. The van der Waals surface area contributed by atoms with Gasteiger partial charge in [-0.2, -0.15) is 8.78 Å². The molecule has 1 atom stereocenters. The summed E-state index contributed by atoms with van der Waals surface area (Å²) in [5.41, 5.74) is 3.99. The van der Waals surface area contributed by atoms with Crippen molar-refractivity contribution in [1.82, 2.24) is 5.32 Å². The van der Waals surface area contributed by atoms with E-state index in [2.05, 4.69) is 10.1 Å². The highest BCUT2D eigenvalue weighted by atomic mass is 19.3. The van der Waals surface area contributed by atoms with E-state index in [1.54, 1.807) is 12.1 Å². The van der Waals surface area contributed by atoms with E-state index in [9.17, 15) is 13.6 Å². The SMILES string of the molecule is O=C(CN[C@H](c1ccccc1)c1ccc(OC(F)F)cc1)N1CCc2ccccc21. The van der Waals surface area contributed by atoms with E-state index in [1.807, 2.05) is 59.5 Å². The van der Waals surface area contributed by atoms with Crippen LogP contribution in [0.15, 0.2) is 78.9 Å². The second-order valence-corrected chi connectivity index (χ2v) is 7.10. The van der Waals surface area contributed by atoms with Crippen LogP contribution in [-0.2, 0) is 11.2 Å². The van der Waals surface area contributed by atoms with Gasteiger partial charge in [0.2, 0.25) is 5.91 Å². The molecule has 0 bridgehead atoms. The van der Waals surface area contributed by atoms with E-state index >= 15 is 0 Å². The van der Waals surface area contributed by atoms with Gasteiger partial charge in [0.05, 0.1) is 12.6 Å². The van der Waals surface area contributed by atoms with Crippen LogP contribution in [0.25, 0.3) is 0 Å². The molecule has 0 fully saturated rings. The first-order valence-electron chi connectivity index (χ1n) is 9.83. The van der Waals surface area contributed by atoms with Crippen LogP contribution in [0.3, 0.4) is 0 Å². The number of amides is 1. The minimum Gasteiger partial charge on any atom is -0.435 e. The van der Waals surface area contributed by atoms with Gasteiger partial charge >= 0.3 is 6.61 Å². The first kappa shape index (κ1) is 20.0. The summed E-state index contributed by atoms with van der Waals surface area (Å²) in [7, 11) is 0. The van der Waals surface area contributed by atoms with Crippen LogP contribution in [-0.4, -0.2) is 25.6 Å². The van der Waals surface area contributed by atoms with E-state index in [1.165, 1.54) is 17.7 Å². The smallest absolute Gasteiger partial charge is 0.387 e. The van der Waals surface area contributed by atoms with Crippen molar-refractivity contribution in [3.63, 3.8) is 0 Å². The number of ether oxygens (including phenoxy) is 1. The van der Waals surface area contributed by atoms with Crippen molar-refractivity contribution in [3.05, 3.63) is 95.6 Å². The summed E-state index contributed by atoms with van der Waals surface area (Å²) in [6.07, 6.45) is 0.857. The molecule has 1 aliphatic rings. The van der Waals surface area contributed by atoms with Crippen molar-refractivity contribution in [2.75, 3.05) is 18.0 Å². The van der Waals surface area contributed by atoms with Gasteiger partial charge < -0.3 is 9.64 Å². The van der Waals surface area contributed by atoms with E-state index in [0.29, 0.717) is 6.54 Å². The predicted molar refractivity (Wildman–Crippen MR) is 112 cm³/mol. The highest BCUT2D eigenvalue weighted by molar-refractivity contribution is 5.96. The van der Waals surface area contributed by atoms with E-state index in [4.69, 9.17) is 0 Å². The first-order valence-corrected chi connectivity index (χ1v) is 9.83. The fourth-order valence-electron chi connectivity index (χ4n) is 3.80. The number of para-hydroxylation sites is 1. The molecule has 0 saturated carbocycles. The summed E-state index contributed by atoms with van der Waals surface area (Å²) in [5, 5.41) is 3.34. The molecule has 4 nitrogen and oxygen atoms in total. The lowest BCUT2D eigenvalue weighted by Crippen LogP contribution is -2.38. The van der Waals surface area contributed by atoms with Gasteiger partial charge in [0.1, 0.15) is 5.75 Å². The van der Waals surface area contributed by atoms with Crippen LogP contribution in [0.5, 0.6) is 5.75 Å². The second-order valence-electron chi connectivity index (χ2n) is 7.10. The molecule has 1 heterocycles. The topological polar surface area (TPSA) is 41.6 Å². The predicted octanol–water partition coefficient (Wildman–Crippen LogP) is 4.56. The van der Waals surface area contributed by atoms with Gasteiger partial charge in [-0.1, -0.05) is 60.7 Å². The number of rotatable bonds is 7. The molecule has 0 spiro atoms. The number of benzene rings is 3. The summed E-state index contributed by atoms with van der Waals surface area (Å²) in [5.74, 6) is 0.101. The number of carbonyl (C=O) groups excluding carboxylic acids is 1. The lowest BCUT2D eigenvalue weighted by Gasteiger charge is -2.23. The minimum atomic E-state index is -2.86. The zero-order valence-corrected chi connectivity index (χ0v) is 16.3. The number of fused-ring (bicyclic) bond motifs is 1. The zero-order chi connectivity index (χ0) is 20.9. The Bertz CT molecular complexity index is 994. The van der Waals surface area contributed by atoms with Crippen LogP contribution in [0.4, 0.5) is 14.5 Å². The molecule has 0 radical (unpaired) electrons. The second kappa shape index (κ2) is 9.05. The third-order valence-electron chi connectivity index (χ3n) is 5.22. The van der Waals surface area contributed by atoms with Crippen molar-refractivity contribution in [3.8, 4) is 5.75 Å². The Morgan fingerprint density at radius 2 is 1.60 bits per heavy atom. The van der Waals surface area contributed by atoms with Gasteiger partial charge in [-0.05, 0) is 41.3 Å². The summed E-state index contributed by atoms with van der Waals surface area (Å²) in [6, 6.07) is 23.9. The van der Waals surface area contributed by atoms with E-state index in [0.717, 1.165) is 23.2 Å². The molecule has 30 heavy (non-hydrogen) atoms. The third kappa shape index (κ3) is 4.49. The lowest BCUT2D eigenvalue weighted by molar-refractivity contribution is -0.117. The highest BCUT2D eigenvalue weighted by Crippen LogP contribution is 2.28. The van der Waals surface area contributed by atoms with Crippen LogP contribution < -0.4 is 15.0 Å². The lowest BCUT2D eigenvalue weighted by atomic mass is 9.98. The Morgan fingerprint density at radius 3 is 2.33 bits per heavy atom. The standard InChI is InChI=1S/C24H22F2N2O2/c25-24(26)30-20-12-10-19(11-13-20)23(18-7-2-1-3-8-18)27-16-22(29)28-15-14-17-6-4-5-9-21(17)28/h1-13,23-24,27H,14-16H2/t23-/m1/s1. The molecule has 3 aromatic carbocycles. The van der Waals surface area contributed by atoms with Gasteiger partial charge in [0.25, 0.3) is 0 Å². The summed E-state index contributed by atoms with van der Waals surface area (Å²) in [6.45, 7) is -2.03. The van der Waals surface area contributed by atoms with Gasteiger partial charge in [-0.25, -0.2) is 0 Å². The average Bonchev–Trinajstić information content (AvgIpc) is 3.19. The Morgan fingerprint density at radius 1 is 0.933 bits per heavy atom. The molecule has 1 N–H and O–H groups in total. The van der Waals surface area contributed by atoms with Crippen LogP contribution in [0.1, 0.15) is 22.7 Å². The molecule has 0 aromatic heterocycles. The number of nitrogens with one attached hydrogen (secondary N) is 1. The first-order chi connectivity index (χ1) is 14.6. The monoisotopic (exact) mass is 408 g/mol. The molecule has 0 unspecified atom stereocenters. The fourth-order valence-corrected chi connectivity index (χ4v) is 3.80.